The molecule has 18 heavy (non-hydrogen) atoms. The van der Waals surface area contributed by atoms with E-state index >= 15 is 0 Å². The number of rotatable bonds is 7. The van der Waals surface area contributed by atoms with Gasteiger partial charge < -0.3 is 10.1 Å². The Morgan fingerprint density at radius 1 is 1.39 bits per heavy atom. The van der Waals surface area contributed by atoms with Crippen molar-refractivity contribution in [3.05, 3.63) is 0 Å². The number of carbonyl (C=O) groups excluding carboxylic acids is 1. The number of nitrogens with zero attached hydrogens (tertiary/aromatic N) is 1. The molecule has 0 bridgehead atoms. The van der Waals surface area contributed by atoms with Crippen LogP contribution < -0.4 is 5.32 Å². The van der Waals surface area contributed by atoms with E-state index in [-0.39, 0.29) is 12.0 Å². The zero-order chi connectivity index (χ0) is 13.4. The average Bonchev–Trinajstić information content (AvgIpc) is 2.40. The van der Waals surface area contributed by atoms with Crippen LogP contribution >= 0.6 is 0 Å². The second-order valence-electron chi connectivity index (χ2n) is 4.91. The van der Waals surface area contributed by atoms with Gasteiger partial charge in [0.15, 0.2) is 0 Å². The minimum atomic E-state index is -0.0846. The number of hydrogen-bond acceptors (Lipinski definition) is 4. The van der Waals surface area contributed by atoms with E-state index < -0.39 is 0 Å². The topological polar surface area (TPSA) is 41.6 Å². The van der Waals surface area contributed by atoms with Crippen molar-refractivity contribution in [2.75, 3.05) is 26.2 Å². The van der Waals surface area contributed by atoms with Crippen molar-refractivity contribution in [3.63, 3.8) is 0 Å². The molecule has 1 N–H and O–H groups in total. The van der Waals surface area contributed by atoms with Gasteiger partial charge in [0.25, 0.3) is 0 Å². The zero-order valence-electron chi connectivity index (χ0n) is 12.1. The molecule has 106 valence electrons. The third-order valence-electron chi connectivity index (χ3n) is 3.66. The van der Waals surface area contributed by atoms with Crippen molar-refractivity contribution in [1.29, 1.82) is 0 Å². The van der Waals surface area contributed by atoms with Crippen molar-refractivity contribution in [2.45, 2.75) is 58.5 Å². The molecule has 2 unspecified atom stereocenters. The molecule has 1 fully saturated rings. The van der Waals surface area contributed by atoms with Gasteiger partial charge in [0, 0.05) is 12.6 Å². The van der Waals surface area contributed by atoms with E-state index in [0.29, 0.717) is 12.6 Å². The molecule has 4 nitrogen and oxygen atoms in total. The fourth-order valence-corrected chi connectivity index (χ4v) is 2.65. The molecule has 0 saturated carbocycles. The van der Waals surface area contributed by atoms with Crippen molar-refractivity contribution in [1.82, 2.24) is 10.2 Å². The van der Waals surface area contributed by atoms with Crippen molar-refractivity contribution in [2.24, 2.45) is 0 Å². The summed E-state index contributed by atoms with van der Waals surface area (Å²) in [6.45, 7) is 9.46. The van der Waals surface area contributed by atoms with Gasteiger partial charge in [-0.25, -0.2) is 0 Å². The number of hydrogen-bond donors (Lipinski definition) is 1. The monoisotopic (exact) mass is 256 g/mol. The third kappa shape index (κ3) is 4.58. The molecular formula is C14H28N2O2. The molecule has 0 aromatic heterocycles. The summed E-state index contributed by atoms with van der Waals surface area (Å²) in [5, 5.41) is 3.54. The lowest BCUT2D eigenvalue weighted by Gasteiger charge is -2.33. The first-order valence-corrected chi connectivity index (χ1v) is 7.36. The summed E-state index contributed by atoms with van der Waals surface area (Å²) >= 11 is 0. The van der Waals surface area contributed by atoms with E-state index in [9.17, 15) is 4.79 Å². The van der Waals surface area contributed by atoms with Gasteiger partial charge in [-0.1, -0.05) is 20.3 Å². The van der Waals surface area contributed by atoms with Gasteiger partial charge in [0.05, 0.1) is 6.61 Å². The number of carbonyl (C=O) groups is 1. The van der Waals surface area contributed by atoms with Gasteiger partial charge in [-0.3, -0.25) is 9.69 Å². The van der Waals surface area contributed by atoms with E-state index in [1.54, 1.807) is 0 Å². The Morgan fingerprint density at radius 2 is 2.17 bits per heavy atom. The van der Waals surface area contributed by atoms with Gasteiger partial charge in [-0.05, 0) is 39.3 Å². The van der Waals surface area contributed by atoms with E-state index in [1.165, 1.54) is 19.3 Å². The summed E-state index contributed by atoms with van der Waals surface area (Å²) in [5.74, 6) is -0.0716. The fraction of sp³-hybridized carbons (Fsp3) is 0.929. The minimum Gasteiger partial charge on any atom is -0.465 e. The summed E-state index contributed by atoms with van der Waals surface area (Å²) in [6.07, 6.45) is 4.61. The first kappa shape index (κ1) is 15.4. The Balaban J connectivity index is 2.52. The van der Waals surface area contributed by atoms with E-state index in [0.717, 1.165) is 26.1 Å². The Kier molecular flexibility index (Phi) is 7.28. The first-order chi connectivity index (χ1) is 8.72. The van der Waals surface area contributed by atoms with Gasteiger partial charge in [0.1, 0.15) is 6.04 Å². The molecule has 0 aromatic rings. The Morgan fingerprint density at radius 3 is 2.67 bits per heavy atom. The molecular weight excluding hydrogens is 228 g/mol. The van der Waals surface area contributed by atoms with Gasteiger partial charge >= 0.3 is 5.97 Å². The largest absolute Gasteiger partial charge is 0.465 e. The summed E-state index contributed by atoms with van der Waals surface area (Å²) < 4.78 is 5.17. The first-order valence-electron chi connectivity index (χ1n) is 7.36. The standard InChI is InChI=1S/C14H28N2O2/c1-4-13(14(17)18-6-3)16(5-2)11-12-9-7-8-10-15-12/h12-13,15H,4-11H2,1-3H3. The zero-order valence-corrected chi connectivity index (χ0v) is 12.1. The Bertz CT molecular complexity index is 240. The van der Waals surface area contributed by atoms with Crippen molar-refractivity contribution < 1.29 is 9.53 Å². The van der Waals surface area contributed by atoms with Crippen LogP contribution in [0.15, 0.2) is 0 Å². The summed E-state index contributed by atoms with van der Waals surface area (Å²) in [5.41, 5.74) is 0. The molecule has 1 heterocycles. The molecule has 1 saturated heterocycles. The number of ether oxygens (including phenoxy) is 1. The lowest BCUT2D eigenvalue weighted by atomic mass is 10.0. The van der Waals surface area contributed by atoms with E-state index in [1.807, 2.05) is 6.92 Å². The van der Waals surface area contributed by atoms with Gasteiger partial charge in [-0.15, -0.1) is 0 Å². The quantitative estimate of drug-likeness (QED) is 0.705. The number of esters is 1. The molecule has 1 aliphatic rings. The van der Waals surface area contributed by atoms with E-state index in [2.05, 4.69) is 24.1 Å². The summed E-state index contributed by atoms with van der Waals surface area (Å²) in [7, 11) is 0. The number of nitrogens with one attached hydrogen (secondary N) is 1. The second kappa shape index (κ2) is 8.48. The van der Waals surface area contributed by atoms with Crippen LogP contribution in [0.3, 0.4) is 0 Å². The molecule has 1 rings (SSSR count). The molecule has 0 spiro atoms. The SMILES string of the molecule is CCOC(=O)C(CC)N(CC)CC1CCCCN1. The van der Waals surface area contributed by atoms with Crippen LogP contribution in [0.4, 0.5) is 0 Å². The van der Waals surface area contributed by atoms with Crippen LogP contribution in [-0.2, 0) is 9.53 Å². The predicted molar refractivity (Wildman–Crippen MR) is 73.6 cm³/mol. The maximum absolute atomic E-state index is 11.9. The highest BCUT2D eigenvalue weighted by molar-refractivity contribution is 5.75. The molecule has 4 heteroatoms. The van der Waals surface area contributed by atoms with Crippen LogP contribution in [0, 0.1) is 0 Å². The lowest BCUT2D eigenvalue weighted by molar-refractivity contribution is -0.149. The van der Waals surface area contributed by atoms with Crippen LogP contribution in [0.2, 0.25) is 0 Å². The predicted octanol–water partition coefficient (Wildman–Crippen LogP) is 1.79. The Hall–Kier alpha value is -0.610. The second-order valence-corrected chi connectivity index (χ2v) is 4.91. The maximum atomic E-state index is 11.9. The summed E-state index contributed by atoms with van der Waals surface area (Å²) in [6, 6.07) is 0.445. The highest BCUT2D eigenvalue weighted by Gasteiger charge is 2.26. The molecule has 0 radical (unpaired) electrons. The highest BCUT2D eigenvalue weighted by Crippen LogP contribution is 2.12. The third-order valence-corrected chi connectivity index (χ3v) is 3.66. The van der Waals surface area contributed by atoms with Gasteiger partial charge in [0.2, 0.25) is 0 Å². The minimum absolute atomic E-state index is 0.0716. The summed E-state index contributed by atoms with van der Waals surface area (Å²) in [4.78, 5) is 14.2. The van der Waals surface area contributed by atoms with Crippen molar-refractivity contribution in [3.8, 4) is 0 Å². The molecule has 0 aromatic carbocycles. The van der Waals surface area contributed by atoms with Crippen LogP contribution in [0.1, 0.15) is 46.5 Å². The molecule has 0 aliphatic carbocycles. The number of likely N-dealkylation sites (N-methyl/N-ethyl adjacent to an activating group) is 1. The van der Waals surface area contributed by atoms with Gasteiger partial charge in [-0.2, -0.15) is 0 Å². The smallest absolute Gasteiger partial charge is 0.323 e. The molecule has 0 amide bonds. The van der Waals surface area contributed by atoms with Crippen molar-refractivity contribution >= 4 is 5.97 Å². The average molecular weight is 256 g/mol. The normalized spacial score (nSPS) is 21.9. The van der Waals surface area contributed by atoms with Crippen LogP contribution in [0.25, 0.3) is 0 Å². The molecule has 1 aliphatic heterocycles. The van der Waals surface area contributed by atoms with E-state index in [4.69, 9.17) is 4.74 Å². The lowest BCUT2D eigenvalue weighted by Crippen LogP contribution is -2.49. The fourth-order valence-electron chi connectivity index (χ4n) is 2.65. The van der Waals surface area contributed by atoms with Crippen LogP contribution in [0.5, 0.6) is 0 Å². The highest BCUT2D eigenvalue weighted by atomic mass is 16.5. The maximum Gasteiger partial charge on any atom is 0.323 e. The Labute approximate surface area is 111 Å². The van der Waals surface area contributed by atoms with Crippen LogP contribution in [-0.4, -0.2) is 49.2 Å². The molecule has 2 atom stereocenters. The number of piperidine rings is 1.